The van der Waals surface area contributed by atoms with Gasteiger partial charge in [-0.3, -0.25) is 14.5 Å². The summed E-state index contributed by atoms with van der Waals surface area (Å²) >= 11 is 0. The normalized spacial score (nSPS) is 16.1. The van der Waals surface area contributed by atoms with Crippen LogP contribution in [0.15, 0.2) is 30.3 Å². The Morgan fingerprint density at radius 1 is 1.33 bits per heavy atom. The van der Waals surface area contributed by atoms with E-state index >= 15 is 0 Å². The summed E-state index contributed by atoms with van der Waals surface area (Å²) in [6.07, 6.45) is 0. The summed E-state index contributed by atoms with van der Waals surface area (Å²) in [6.45, 7) is 1.20. The Bertz CT molecular complexity index is 441. The second-order valence-electron chi connectivity index (χ2n) is 4.52. The van der Waals surface area contributed by atoms with Crippen molar-refractivity contribution in [2.24, 2.45) is 5.92 Å². The van der Waals surface area contributed by atoms with Gasteiger partial charge >= 0.3 is 5.97 Å². The minimum absolute atomic E-state index is 0.0231. The second kappa shape index (κ2) is 5.18. The molecule has 2 rings (SSSR count). The van der Waals surface area contributed by atoms with Crippen molar-refractivity contribution in [2.45, 2.75) is 0 Å². The van der Waals surface area contributed by atoms with E-state index in [1.54, 1.807) is 11.9 Å². The predicted octanol–water partition coefficient (Wildman–Crippen LogP) is 0.666. The fourth-order valence-corrected chi connectivity index (χ4v) is 1.95. The van der Waals surface area contributed by atoms with Gasteiger partial charge in [0.1, 0.15) is 0 Å². The fourth-order valence-electron chi connectivity index (χ4n) is 1.95. The molecule has 1 amide bonds. The number of carboxylic acid groups (broad SMARTS) is 1. The maximum atomic E-state index is 12.0. The van der Waals surface area contributed by atoms with Gasteiger partial charge in [0.25, 0.3) is 0 Å². The summed E-state index contributed by atoms with van der Waals surface area (Å²) in [4.78, 5) is 26.0. The van der Waals surface area contributed by atoms with Crippen LogP contribution >= 0.6 is 0 Å². The SMILES string of the molecule is CN(C(=O)CN1CC(C(=O)O)C1)c1ccccc1. The Balaban J connectivity index is 1.84. The molecular formula is C13H16N2O3. The molecule has 0 saturated carbocycles. The molecule has 0 atom stereocenters. The van der Waals surface area contributed by atoms with Crippen LogP contribution in [-0.4, -0.2) is 48.6 Å². The number of nitrogens with zero attached hydrogens (tertiary/aromatic N) is 2. The molecule has 1 aromatic carbocycles. The number of anilines is 1. The van der Waals surface area contributed by atoms with Gasteiger partial charge in [-0.1, -0.05) is 18.2 Å². The number of rotatable bonds is 4. The zero-order valence-electron chi connectivity index (χ0n) is 10.2. The van der Waals surface area contributed by atoms with Gasteiger partial charge in [-0.15, -0.1) is 0 Å². The Labute approximate surface area is 106 Å². The summed E-state index contributed by atoms with van der Waals surface area (Å²) in [7, 11) is 1.73. The molecule has 5 heteroatoms. The molecule has 0 unspecified atom stereocenters. The highest BCUT2D eigenvalue weighted by Gasteiger charge is 2.33. The molecule has 0 radical (unpaired) electrons. The highest BCUT2D eigenvalue weighted by Crippen LogP contribution is 2.17. The summed E-state index contributed by atoms with van der Waals surface area (Å²) in [6, 6.07) is 9.39. The number of benzene rings is 1. The first-order valence-electron chi connectivity index (χ1n) is 5.84. The van der Waals surface area contributed by atoms with E-state index in [-0.39, 0.29) is 18.4 Å². The van der Waals surface area contributed by atoms with E-state index in [4.69, 9.17) is 5.11 Å². The van der Waals surface area contributed by atoms with Gasteiger partial charge in [-0.2, -0.15) is 0 Å². The average molecular weight is 248 g/mol. The van der Waals surface area contributed by atoms with Gasteiger partial charge < -0.3 is 10.0 Å². The van der Waals surface area contributed by atoms with Crippen molar-refractivity contribution >= 4 is 17.6 Å². The number of carboxylic acids is 1. The molecule has 96 valence electrons. The number of aliphatic carboxylic acids is 1. The van der Waals surface area contributed by atoms with Crippen LogP contribution in [0.2, 0.25) is 0 Å². The van der Waals surface area contributed by atoms with Gasteiger partial charge in [0.15, 0.2) is 0 Å². The molecule has 0 aliphatic carbocycles. The van der Waals surface area contributed by atoms with Crippen molar-refractivity contribution in [1.82, 2.24) is 4.90 Å². The standard InChI is InChI=1S/C13H16N2O3/c1-14(11-5-3-2-4-6-11)12(16)9-15-7-10(8-15)13(17)18/h2-6,10H,7-9H2,1H3,(H,17,18). The van der Waals surface area contributed by atoms with E-state index in [1.807, 2.05) is 35.2 Å². The molecule has 1 aliphatic rings. The molecule has 1 fully saturated rings. The number of hydrogen-bond acceptors (Lipinski definition) is 3. The summed E-state index contributed by atoms with van der Waals surface area (Å²) in [5.41, 5.74) is 0.845. The highest BCUT2D eigenvalue weighted by molar-refractivity contribution is 5.94. The van der Waals surface area contributed by atoms with Crippen molar-refractivity contribution in [3.63, 3.8) is 0 Å². The van der Waals surface area contributed by atoms with Crippen LogP contribution in [0.3, 0.4) is 0 Å². The maximum Gasteiger partial charge on any atom is 0.309 e. The molecule has 1 saturated heterocycles. The van der Waals surface area contributed by atoms with Crippen molar-refractivity contribution in [3.8, 4) is 0 Å². The average Bonchev–Trinajstić information content (AvgIpc) is 2.32. The number of amides is 1. The molecule has 0 spiro atoms. The fraction of sp³-hybridized carbons (Fsp3) is 0.385. The third-order valence-corrected chi connectivity index (χ3v) is 3.18. The molecule has 0 aromatic heterocycles. The number of likely N-dealkylation sites (tertiary alicyclic amines) is 1. The zero-order valence-corrected chi connectivity index (χ0v) is 10.2. The minimum atomic E-state index is -0.782. The van der Waals surface area contributed by atoms with Gasteiger partial charge in [0.2, 0.25) is 5.91 Å². The third kappa shape index (κ3) is 2.68. The first kappa shape index (κ1) is 12.6. The van der Waals surface area contributed by atoms with Crippen molar-refractivity contribution < 1.29 is 14.7 Å². The number of carbonyl (C=O) groups is 2. The third-order valence-electron chi connectivity index (χ3n) is 3.18. The molecule has 0 bridgehead atoms. The monoisotopic (exact) mass is 248 g/mol. The summed E-state index contributed by atoms with van der Waals surface area (Å²) in [5, 5.41) is 8.75. The molecule has 1 heterocycles. The predicted molar refractivity (Wildman–Crippen MR) is 67.4 cm³/mol. The van der Waals surface area contributed by atoms with Crippen LogP contribution in [0.25, 0.3) is 0 Å². The second-order valence-corrected chi connectivity index (χ2v) is 4.52. The van der Waals surface area contributed by atoms with Crippen LogP contribution < -0.4 is 4.90 Å². The van der Waals surface area contributed by atoms with Crippen LogP contribution in [0.4, 0.5) is 5.69 Å². The van der Waals surface area contributed by atoms with Gasteiger partial charge in [0.05, 0.1) is 12.5 Å². The molecule has 1 aromatic rings. The Hall–Kier alpha value is -1.88. The Kier molecular flexibility index (Phi) is 3.62. The van der Waals surface area contributed by atoms with Gasteiger partial charge in [-0.25, -0.2) is 0 Å². The van der Waals surface area contributed by atoms with Crippen LogP contribution in [0.5, 0.6) is 0 Å². The van der Waals surface area contributed by atoms with E-state index in [9.17, 15) is 9.59 Å². The van der Waals surface area contributed by atoms with E-state index in [0.29, 0.717) is 13.1 Å². The van der Waals surface area contributed by atoms with Crippen LogP contribution in [0, 0.1) is 5.92 Å². The molecule has 5 nitrogen and oxygen atoms in total. The largest absolute Gasteiger partial charge is 0.481 e. The first-order valence-corrected chi connectivity index (χ1v) is 5.84. The first-order chi connectivity index (χ1) is 8.58. The molecular weight excluding hydrogens is 232 g/mol. The van der Waals surface area contributed by atoms with Gasteiger partial charge in [-0.05, 0) is 12.1 Å². The van der Waals surface area contributed by atoms with E-state index in [1.165, 1.54) is 0 Å². The quantitative estimate of drug-likeness (QED) is 0.850. The van der Waals surface area contributed by atoms with Gasteiger partial charge in [0, 0.05) is 25.8 Å². The minimum Gasteiger partial charge on any atom is -0.481 e. The van der Waals surface area contributed by atoms with E-state index in [0.717, 1.165) is 5.69 Å². The maximum absolute atomic E-state index is 12.0. The molecule has 1 aliphatic heterocycles. The molecule has 1 N–H and O–H groups in total. The van der Waals surface area contributed by atoms with Crippen molar-refractivity contribution in [1.29, 1.82) is 0 Å². The van der Waals surface area contributed by atoms with E-state index in [2.05, 4.69) is 0 Å². The van der Waals surface area contributed by atoms with Crippen LogP contribution in [0.1, 0.15) is 0 Å². The highest BCUT2D eigenvalue weighted by atomic mass is 16.4. The topological polar surface area (TPSA) is 60.9 Å². The van der Waals surface area contributed by atoms with Crippen LogP contribution in [-0.2, 0) is 9.59 Å². The number of para-hydroxylation sites is 1. The van der Waals surface area contributed by atoms with Crippen molar-refractivity contribution in [2.75, 3.05) is 31.6 Å². The lowest BCUT2D eigenvalue weighted by Crippen LogP contribution is -2.53. The smallest absolute Gasteiger partial charge is 0.309 e. The molecule has 18 heavy (non-hydrogen) atoms. The number of carbonyl (C=O) groups excluding carboxylic acids is 1. The summed E-state index contributed by atoms with van der Waals surface area (Å²) in [5.74, 6) is -1.13. The lowest BCUT2D eigenvalue weighted by Gasteiger charge is -2.36. The number of hydrogen-bond donors (Lipinski definition) is 1. The lowest BCUT2D eigenvalue weighted by molar-refractivity contribution is -0.148. The zero-order chi connectivity index (χ0) is 13.1. The lowest BCUT2D eigenvalue weighted by atomic mass is 10.0. The Morgan fingerprint density at radius 2 is 1.94 bits per heavy atom. The Morgan fingerprint density at radius 3 is 2.50 bits per heavy atom. The van der Waals surface area contributed by atoms with Crippen molar-refractivity contribution in [3.05, 3.63) is 30.3 Å². The summed E-state index contributed by atoms with van der Waals surface area (Å²) < 4.78 is 0. The number of likely N-dealkylation sites (N-methyl/N-ethyl adjacent to an activating group) is 1. The van der Waals surface area contributed by atoms with E-state index < -0.39 is 5.97 Å².